The minimum atomic E-state index is -0.281. The molecule has 2 aromatic rings. The molecule has 0 unspecified atom stereocenters. The van der Waals surface area contributed by atoms with Crippen LogP contribution in [-0.2, 0) is 0 Å². The monoisotopic (exact) mass is 324 g/mol. The molecular formula is C13H10BrFN2S. The maximum atomic E-state index is 14.0. The molecule has 1 fully saturated rings. The molecule has 0 saturated heterocycles. The fraction of sp³-hybridized carbons (Fsp3) is 0.231. The van der Waals surface area contributed by atoms with Crippen molar-refractivity contribution in [2.75, 3.05) is 0 Å². The first-order chi connectivity index (χ1) is 8.65. The number of nitrogens with zero attached hydrogens (tertiary/aromatic N) is 1. The topological polar surface area (TPSA) is 28.7 Å². The molecule has 1 saturated carbocycles. The second-order valence-electron chi connectivity index (χ2n) is 4.39. The standard InChI is InChI=1S/C13H10BrFN2S/c14-9-3-1-2-8(12(9)15)10-6-11(18)17-13(16-10)7-4-5-7/h1-3,6-7H,4-5H2,(H,16,17,18). The van der Waals surface area contributed by atoms with Gasteiger partial charge in [0.05, 0.1) is 10.2 Å². The summed E-state index contributed by atoms with van der Waals surface area (Å²) in [6.45, 7) is 0. The van der Waals surface area contributed by atoms with Crippen molar-refractivity contribution >= 4 is 28.1 Å². The van der Waals surface area contributed by atoms with Crippen molar-refractivity contribution < 1.29 is 4.39 Å². The van der Waals surface area contributed by atoms with Gasteiger partial charge < -0.3 is 4.98 Å². The highest BCUT2D eigenvalue weighted by atomic mass is 79.9. The molecule has 1 heterocycles. The number of aromatic amines is 1. The van der Waals surface area contributed by atoms with Crippen LogP contribution in [0.15, 0.2) is 28.7 Å². The SMILES string of the molecule is Fc1c(Br)cccc1-c1cc(=S)nc(C2CC2)[nH]1. The molecule has 92 valence electrons. The van der Waals surface area contributed by atoms with Gasteiger partial charge in [0.15, 0.2) is 0 Å². The molecule has 2 nitrogen and oxygen atoms in total. The van der Waals surface area contributed by atoms with Crippen LogP contribution in [0.4, 0.5) is 4.39 Å². The third-order valence-electron chi connectivity index (χ3n) is 2.97. The average Bonchev–Trinajstić information content (AvgIpc) is 3.16. The highest BCUT2D eigenvalue weighted by Crippen LogP contribution is 2.38. The van der Waals surface area contributed by atoms with Gasteiger partial charge in [-0.2, -0.15) is 0 Å². The summed E-state index contributed by atoms with van der Waals surface area (Å²) in [4.78, 5) is 7.49. The molecule has 18 heavy (non-hydrogen) atoms. The zero-order chi connectivity index (χ0) is 12.7. The zero-order valence-corrected chi connectivity index (χ0v) is 11.8. The van der Waals surface area contributed by atoms with E-state index in [1.54, 1.807) is 24.3 Å². The third-order valence-corrected chi connectivity index (χ3v) is 3.79. The Kier molecular flexibility index (Phi) is 3.03. The van der Waals surface area contributed by atoms with Crippen LogP contribution >= 0.6 is 28.1 Å². The lowest BCUT2D eigenvalue weighted by Crippen LogP contribution is -1.97. The Balaban J connectivity index is 2.16. The van der Waals surface area contributed by atoms with Gasteiger partial charge in [0, 0.05) is 11.5 Å². The summed E-state index contributed by atoms with van der Waals surface area (Å²) in [6.07, 6.45) is 2.26. The maximum Gasteiger partial charge on any atom is 0.146 e. The Morgan fingerprint density at radius 3 is 2.89 bits per heavy atom. The number of aromatic nitrogens is 2. The molecule has 0 bridgehead atoms. The molecule has 0 aliphatic heterocycles. The quantitative estimate of drug-likeness (QED) is 0.819. The summed E-state index contributed by atoms with van der Waals surface area (Å²) in [5.41, 5.74) is 1.20. The average molecular weight is 325 g/mol. The van der Waals surface area contributed by atoms with Gasteiger partial charge in [-0.1, -0.05) is 18.3 Å². The molecule has 1 aromatic heterocycles. The molecule has 1 aliphatic carbocycles. The number of halogens is 2. The van der Waals surface area contributed by atoms with Crippen LogP contribution in [0.3, 0.4) is 0 Å². The van der Waals surface area contributed by atoms with Crippen molar-refractivity contribution in [2.45, 2.75) is 18.8 Å². The fourth-order valence-corrected chi connectivity index (χ4v) is 2.47. The van der Waals surface area contributed by atoms with Crippen molar-refractivity contribution in [2.24, 2.45) is 0 Å². The lowest BCUT2D eigenvalue weighted by atomic mass is 10.1. The van der Waals surface area contributed by atoms with E-state index in [2.05, 4.69) is 25.9 Å². The van der Waals surface area contributed by atoms with Crippen LogP contribution in [0.2, 0.25) is 0 Å². The molecule has 1 aromatic carbocycles. The Morgan fingerprint density at radius 2 is 2.17 bits per heavy atom. The summed E-state index contributed by atoms with van der Waals surface area (Å²) in [5.74, 6) is 1.05. The van der Waals surface area contributed by atoms with E-state index in [1.807, 2.05) is 0 Å². The molecule has 1 aliphatic rings. The predicted molar refractivity (Wildman–Crippen MR) is 74.5 cm³/mol. The molecule has 0 atom stereocenters. The van der Waals surface area contributed by atoms with Crippen molar-refractivity contribution in [3.8, 4) is 11.3 Å². The molecule has 3 rings (SSSR count). The summed E-state index contributed by atoms with van der Waals surface area (Å²) >= 11 is 8.34. The van der Waals surface area contributed by atoms with Crippen LogP contribution in [0.1, 0.15) is 24.6 Å². The van der Waals surface area contributed by atoms with Crippen LogP contribution in [0, 0.1) is 10.5 Å². The summed E-state index contributed by atoms with van der Waals surface area (Å²) in [7, 11) is 0. The lowest BCUT2D eigenvalue weighted by Gasteiger charge is -2.07. The second kappa shape index (κ2) is 4.55. The van der Waals surface area contributed by atoms with E-state index >= 15 is 0 Å². The van der Waals surface area contributed by atoms with E-state index in [1.165, 1.54) is 0 Å². The Labute approximate surface area is 117 Å². The van der Waals surface area contributed by atoms with Crippen LogP contribution in [0.5, 0.6) is 0 Å². The number of hydrogen-bond acceptors (Lipinski definition) is 2. The minimum Gasteiger partial charge on any atom is -0.343 e. The number of rotatable bonds is 2. The van der Waals surface area contributed by atoms with Gasteiger partial charge >= 0.3 is 0 Å². The van der Waals surface area contributed by atoms with Gasteiger partial charge in [-0.3, -0.25) is 0 Å². The van der Waals surface area contributed by atoms with Gasteiger partial charge in [-0.25, -0.2) is 9.37 Å². The largest absolute Gasteiger partial charge is 0.343 e. The van der Waals surface area contributed by atoms with Crippen LogP contribution in [0.25, 0.3) is 11.3 Å². The zero-order valence-electron chi connectivity index (χ0n) is 9.41. The van der Waals surface area contributed by atoms with Gasteiger partial charge in [0.25, 0.3) is 0 Å². The number of H-pyrrole nitrogens is 1. The first kappa shape index (κ1) is 12.0. The van der Waals surface area contributed by atoms with Gasteiger partial charge in [0.1, 0.15) is 16.3 Å². The van der Waals surface area contributed by atoms with Crippen molar-refractivity contribution in [3.05, 3.63) is 45.0 Å². The van der Waals surface area contributed by atoms with Gasteiger partial charge in [0.2, 0.25) is 0 Å². The Bertz CT molecular complexity index is 664. The summed E-state index contributed by atoms with van der Waals surface area (Å²) in [5, 5.41) is 0. The Morgan fingerprint density at radius 1 is 1.39 bits per heavy atom. The third kappa shape index (κ3) is 2.24. The van der Waals surface area contributed by atoms with E-state index in [4.69, 9.17) is 12.2 Å². The first-order valence-corrected chi connectivity index (χ1v) is 6.91. The van der Waals surface area contributed by atoms with Crippen LogP contribution < -0.4 is 0 Å². The highest BCUT2D eigenvalue weighted by molar-refractivity contribution is 9.10. The summed E-state index contributed by atoms with van der Waals surface area (Å²) in [6, 6.07) is 6.91. The van der Waals surface area contributed by atoms with E-state index in [0.717, 1.165) is 18.7 Å². The predicted octanol–water partition coefficient (Wildman–Crippen LogP) is 4.59. The van der Waals surface area contributed by atoms with E-state index in [9.17, 15) is 4.39 Å². The van der Waals surface area contributed by atoms with E-state index < -0.39 is 0 Å². The molecule has 0 radical (unpaired) electrons. The normalized spacial score (nSPS) is 14.8. The molecule has 0 spiro atoms. The molecule has 0 amide bonds. The second-order valence-corrected chi connectivity index (χ2v) is 5.67. The van der Waals surface area contributed by atoms with Crippen LogP contribution in [-0.4, -0.2) is 9.97 Å². The van der Waals surface area contributed by atoms with E-state index in [-0.39, 0.29) is 5.82 Å². The van der Waals surface area contributed by atoms with Gasteiger partial charge in [-0.15, -0.1) is 0 Å². The number of benzene rings is 1. The maximum absolute atomic E-state index is 14.0. The highest BCUT2D eigenvalue weighted by Gasteiger charge is 2.26. The van der Waals surface area contributed by atoms with E-state index in [0.29, 0.717) is 26.3 Å². The van der Waals surface area contributed by atoms with Crippen molar-refractivity contribution in [1.82, 2.24) is 9.97 Å². The number of hydrogen-bond donors (Lipinski definition) is 1. The van der Waals surface area contributed by atoms with Crippen molar-refractivity contribution in [1.29, 1.82) is 0 Å². The van der Waals surface area contributed by atoms with Crippen molar-refractivity contribution in [3.63, 3.8) is 0 Å². The summed E-state index contributed by atoms with van der Waals surface area (Å²) < 4.78 is 15.0. The minimum absolute atomic E-state index is 0.281. The lowest BCUT2D eigenvalue weighted by molar-refractivity contribution is 0.624. The van der Waals surface area contributed by atoms with Gasteiger partial charge in [-0.05, 0) is 47.0 Å². The fourth-order valence-electron chi connectivity index (χ4n) is 1.88. The number of nitrogens with one attached hydrogen (secondary N) is 1. The smallest absolute Gasteiger partial charge is 0.146 e. The molecular weight excluding hydrogens is 315 g/mol. The molecule has 1 N–H and O–H groups in total. The Hall–Kier alpha value is -1.07. The molecule has 5 heteroatoms. The first-order valence-electron chi connectivity index (χ1n) is 5.71.